The first-order chi connectivity index (χ1) is 10.0. The van der Waals surface area contributed by atoms with E-state index in [1.807, 2.05) is 13.8 Å². The van der Waals surface area contributed by atoms with Crippen LogP contribution in [0.3, 0.4) is 0 Å². The SMILES string of the molecule is CCNC(CC1CC(OCC)C1)c1cc(F)c(F)cc1F. The molecule has 0 bridgehead atoms. The molecule has 1 saturated carbocycles. The van der Waals surface area contributed by atoms with E-state index in [1.54, 1.807) is 0 Å². The second kappa shape index (κ2) is 7.27. The molecule has 1 atom stereocenters. The lowest BCUT2D eigenvalue weighted by atomic mass is 9.77. The lowest BCUT2D eigenvalue weighted by Gasteiger charge is -2.37. The number of hydrogen-bond acceptors (Lipinski definition) is 2. The standard InChI is InChI=1S/C16H22F3NO/c1-3-20-16(7-10-5-11(6-10)21-4-2)12-8-14(18)15(19)9-13(12)17/h8-11,16,20H,3-7H2,1-2H3. The minimum atomic E-state index is -1.15. The van der Waals surface area contributed by atoms with E-state index in [4.69, 9.17) is 4.74 Å². The van der Waals surface area contributed by atoms with Gasteiger partial charge in [-0.1, -0.05) is 6.92 Å². The van der Waals surface area contributed by atoms with Crippen LogP contribution in [0.1, 0.15) is 44.7 Å². The maximum absolute atomic E-state index is 13.9. The molecule has 1 unspecified atom stereocenters. The molecular formula is C16H22F3NO. The van der Waals surface area contributed by atoms with Gasteiger partial charge in [0.15, 0.2) is 11.6 Å². The van der Waals surface area contributed by atoms with Crippen molar-refractivity contribution in [2.75, 3.05) is 13.2 Å². The fraction of sp³-hybridized carbons (Fsp3) is 0.625. The molecule has 0 aromatic heterocycles. The normalized spacial score (nSPS) is 22.9. The topological polar surface area (TPSA) is 21.3 Å². The van der Waals surface area contributed by atoms with Crippen molar-refractivity contribution in [2.45, 2.75) is 45.3 Å². The molecule has 0 radical (unpaired) electrons. The number of benzene rings is 1. The van der Waals surface area contributed by atoms with E-state index in [0.29, 0.717) is 31.6 Å². The number of rotatable bonds is 7. The van der Waals surface area contributed by atoms with Crippen molar-refractivity contribution in [1.29, 1.82) is 0 Å². The van der Waals surface area contributed by atoms with Gasteiger partial charge in [-0.05, 0) is 44.7 Å². The van der Waals surface area contributed by atoms with Gasteiger partial charge in [0.2, 0.25) is 0 Å². The van der Waals surface area contributed by atoms with Gasteiger partial charge in [0, 0.05) is 24.3 Å². The predicted molar refractivity (Wildman–Crippen MR) is 75.5 cm³/mol. The second-order valence-electron chi connectivity index (χ2n) is 5.55. The number of halogens is 3. The van der Waals surface area contributed by atoms with Crippen molar-refractivity contribution in [1.82, 2.24) is 5.32 Å². The third-order valence-corrected chi connectivity index (χ3v) is 4.03. The van der Waals surface area contributed by atoms with Gasteiger partial charge in [0.25, 0.3) is 0 Å². The third-order valence-electron chi connectivity index (χ3n) is 4.03. The summed E-state index contributed by atoms with van der Waals surface area (Å²) in [7, 11) is 0. The van der Waals surface area contributed by atoms with Gasteiger partial charge in [0.05, 0.1) is 6.10 Å². The highest BCUT2D eigenvalue weighted by molar-refractivity contribution is 5.23. The van der Waals surface area contributed by atoms with E-state index in [1.165, 1.54) is 0 Å². The number of ether oxygens (including phenoxy) is 1. The van der Waals surface area contributed by atoms with Crippen LogP contribution in [0.25, 0.3) is 0 Å². The first kappa shape index (κ1) is 16.3. The quantitative estimate of drug-likeness (QED) is 0.770. The highest BCUT2D eigenvalue weighted by atomic mass is 19.2. The van der Waals surface area contributed by atoms with Gasteiger partial charge in [-0.25, -0.2) is 13.2 Å². The van der Waals surface area contributed by atoms with E-state index in [2.05, 4.69) is 5.32 Å². The van der Waals surface area contributed by atoms with E-state index in [-0.39, 0.29) is 17.7 Å². The molecule has 1 aliphatic rings. The van der Waals surface area contributed by atoms with E-state index < -0.39 is 17.5 Å². The van der Waals surface area contributed by atoms with Crippen LogP contribution in [0.2, 0.25) is 0 Å². The van der Waals surface area contributed by atoms with E-state index in [0.717, 1.165) is 18.9 Å². The first-order valence-electron chi connectivity index (χ1n) is 7.54. The Kier molecular flexibility index (Phi) is 5.65. The second-order valence-corrected chi connectivity index (χ2v) is 5.55. The molecule has 2 rings (SSSR count). The van der Waals surface area contributed by atoms with Gasteiger partial charge in [-0.15, -0.1) is 0 Å². The summed E-state index contributed by atoms with van der Waals surface area (Å²) in [5.74, 6) is -2.42. The molecule has 5 heteroatoms. The van der Waals surface area contributed by atoms with E-state index in [9.17, 15) is 13.2 Å². The van der Waals surface area contributed by atoms with Crippen molar-refractivity contribution in [2.24, 2.45) is 5.92 Å². The summed E-state index contributed by atoms with van der Waals surface area (Å²) in [6.45, 7) is 5.22. The Morgan fingerprint density at radius 1 is 1.14 bits per heavy atom. The summed E-state index contributed by atoms with van der Waals surface area (Å²) in [6.07, 6.45) is 2.89. The Bertz CT molecular complexity index is 475. The molecule has 21 heavy (non-hydrogen) atoms. The van der Waals surface area contributed by atoms with Crippen molar-refractivity contribution in [3.8, 4) is 0 Å². The molecular weight excluding hydrogens is 279 g/mol. The number of hydrogen-bond donors (Lipinski definition) is 1. The van der Waals surface area contributed by atoms with E-state index >= 15 is 0 Å². The smallest absolute Gasteiger partial charge is 0.161 e. The van der Waals surface area contributed by atoms with Crippen LogP contribution in [-0.2, 0) is 4.74 Å². The average molecular weight is 301 g/mol. The molecule has 1 aliphatic carbocycles. The van der Waals surface area contributed by atoms with Gasteiger partial charge in [-0.3, -0.25) is 0 Å². The summed E-state index contributed by atoms with van der Waals surface area (Å²) in [5, 5.41) is 3.16. The summed E-state index contributed by atoms with van der Waals surface area (Å²) < 4.78 is 45.8. The fourth-order valence-electron chi connectivity index (χ4n) is 2.94. The van der Waals surface area contributed by atoms with Crippen LogP contribution in [-0.4, -0.2) is 19.3 Å². The Labute approximate surface area is 123 Å². The minimum Gasteiger partial charge on any atom is -0.378 e. The molecule has 0 aliphatic heterocycles. The first-order valence-corrected chi connectivity index (χ1v) is 7.54. The summed E-state index contributed by atoms with van der Waals surface area (Å²) >= 11 is 0. The Hall–Kier alpha value is -1.07. The van der Waals surface area contributed by atoms with Crippen LogP contribution in [0.4, 0.5) is 13.2 Å². The molecule has 1 N–H and O–H groups in total. The van der Waals surface area contributed by atoms with Crippen LogP contribution in [0, 0.1) is 23.4 Å². The molecule has 1 fully saturated rings. The van der Waals surface area contributed by atoms with Crippen LogP contribution >= 0.6 is 0 Å². The molecule has 1 aromatic rings. The van der Waals surface area contributed by atoms with Crippen LogP contribution in [0.15, 0.2) is 12.1 Å². The summed E-state index contributed by atoms with van der Waals surface area (Å²) in [5.41, 5.74) is 0.204. The number of nitrogens with one attached hydrogen (secondary N) is 1. The monoisotopic (exact) mass is 301 g/mol. The maximum atomic E-state index is 13.9. The lowest BCUT2D eigenvalue weighted by Crippen LogP contribution is -2.35. The molecule has 0 heterocycles. The predicted octanol–water partition coefficient (Wildman–Crippen LogP) is 3.96. The molecule has 118 valence electrons. The third kappa shape index (κ3) is 3.98. The largest absolute Gasteiger partial charge is 0.378 e. The van der Waals surface area contributed by atoms with Crippen LogP contribution in [0.5, 0.6) is 0 Å². The van der Waals surface area contributed by atoms with Gasteiger partial charge < -0.3 is 10.1 Å². The fourth-order valence-corrected chi connectivity index (χ4v) is 2.94. The Morgan fingerprint density at radius 3 is 2.43 bits per heavy atom. The molecule has 0 amide bonds. The zero-order valence-corrected chi connectivity index (χ0v) is 12.5. The van der Waals surface area contributed by atoms with Crippen molar-refractivity contribution >= 4 is 0 Å². The lowest BCUT2D eigenvalue weighted by molar-refractivity contribution is -0.0291. The molecule has 1 aromatic carbocycles. The molecule has 2 nitrogen and oxygen atoms in total. The van der Waals surface area contributed by atoms with Crippen molar-refractivity contribution in [3.05, 3.63) is 35.1 Å². The maximum Gasteiger partial charge on any atom is 0.161 e. The highest BCUT2D eigenvalue weighted by Gasteiger charge is 2.32. The van der Waals surface area contributed by atoms with Crippen molar-refractivity contribution < 1.29 is 17.9 Å². The van der Waals surface area contributed by atoms with Crippen LogP contribution < -0.4 is 5.32 Å². The zero-order valence-electron chi connectivity index (χ0n) is 12.5. The Balaban J connectivity index is 2.04. The minimum absolute atomic E-state index is 0.204. The van der Waals surface area contributed by atoms with Crippen molar-refractivity contribution in [3.63, 3.8) is 0 Å². The Morgan fingerprint density at radius 2 is 1.81 bits per heavy atom. The highest BCUT2D eigenvalue weighted by Crippen LogP contribution is 2.37. The van der Waals surface area contributed by atoms with Gasteiger partial charge in [0.1, 0.15) is 5.82 Å². The van der Waals surface area contributed by atoms with Gasteiger partial charge >= 0.3 is 0 Å². The summed E-state index contributed by atoms with van der Waals surface area (Å²) in [6, 6.07) is 1.30. The summed E-state index contributed by atoms with van der Waals surface area (Å²) in [4.78, 5) is 0. The average Bonchev–Trinajstić information content (AvgIpc) is 2.40. The molecule has 0 saturated heterocycles. The van der Waals surface area contributed by atoms with Gasteiger partial charge in [-0.2, -0.15) is 0 Å². The molecule has 0 spiro atoms. The zero-order chi connectivity index (χ0) is 15.4.